The van der Waals surface area contributed by atoms with Gasteiger partial charge < -0.3 is 9.47 Å². The zero-order chi connectivity index (χ0) is 9.26. The van der Waals surface area contributed by atoms with E-state index in [0.29, 0.717) is 18.1 Å². The first-order chi connectivity index (χ1) is 6.27. The average Bonchev–Trinajstić information content (AvgIpc) is 2.01. The van der Waals surface area contributed by atoms with Crippen LogP contribution in [0, 0.1) is 5.92 Å². The van der Waals surface area contributed by atoms with Crippen LogP contribution in [0.4, 0.5) is 0 Å². The van der Waals surface area contributed by atoms with Crippen LogP contribution in [0.15, 0.2) is 0 Å². The predicted molar refractivity (Wildman–Crippen MR) is 50.8 cm³/mol. The number of hydrogen-bond acceptors (Lipinski definition) is 3. The Balaban J connectivity index is 1.84. The van der Waals surface area contributed by atoms with Crippen LogP contribution in [0.1, 0.15) is 13.8 Å². The van der Waals surface area contributed by atoms with E-state index in [0.717, 1.165) is 32.9 Å². The minimum atomic E-state index is 0.425. The molecule has 0 saturated carbocycles. The molecule has 76 valence electrons. The number of morpholine rings is 1. The number of rotatable bonds is 2. The SMILES string of the molecule is CC(C)[C@@H]1CN(C2COC2)CCO1. The lowest BCUT2D eigenvalue weighted by Crippen LogP contribution is -2.56. The van der Waals surface area contributed by atoms with Crippen molar-refractivity contribution >= 4 is 0 Å². The summed E-state index contributed by atoms with van der Waals surface area (Å²) in [7, 11) is 0. The van der Waals surface area contributed by atoms with Crippen molar-refractivity contribution < 1.29 is 9.47 Å². The van der Waals surface area contributed by atoms with Gasteiger partial charge in [0.25, 0.3) is 0 Å². The summed E-state index contributed by atoms with van der Waals surface area (Å²) >= 11 is 0. The van der Waals surface area contributed by atoms with Crippen molar-refractivity contribution in [3.8, 4) is 0 Å². The lowest BCUT2D eigenvalue weighted by atomic mass is 10.0. The molecule has 3 nitrogen and oxygen atoms in total. The minimum absolute atomic E-state index is 0.425. The second-order valence-electron chi connectivity index (χ2n) is 4.34. The molecule has 0 spiro atoms. The standard InChI is InChI=1S/C10H19NO2/c1-8(2)10-5-11(3-4-13-10)9-6-12-7-9/h8-10H,3-7H2,1-2H3/t10-/m0/s1. The van der Waals surface area contributed by atoms with Crippen molar-refractivity contribution in [1.82, 2.24) is 4.90 Å². The summed E-state index contributed by atoms with van der Waals surface area (Å²) < 4.78 is 10.9. The third-order valence-electron chi connectivity index (χ3n) is 3.01. The Kier molecular flexibility index (Phi) is 2.86. The first kappa shape index (κ1) is 9.44. The van der Waals surface area contributed by atoms with E-state index in [4.69, 9.17) is 9.47 Å². The smallest absolute Gasteiger partial charge is 0.0725 e. The van der Waals surface area contributed by atoms with E-state index in [1.807, 2.05) is 0 Å². The Morgan fingerprint density at radius 2 is 2.08 bits per heavy atom. The van der Waals surface area contributed by atoms with Gasteiger partial charge in [-0.3, -0.25) is 4.90 Å². The maximum Gasteiger partial charge on any atom is 0.0725 e. The summed E-state index contributed by atoms with van der Waals surface area (Å²) in [6.07, 6.45) is 0.425. The molecule has 0 amide bonds. The summed E-state index contributed by atoms with van der Waals surface area (Å²) in [5.74, 6) is 0.629. The van der Waals surface area contributed by atoms with E-state index in [9.17, 15) is 0 Å². The van der Waals surface area contributed by atoms with Crippen LogP contribution in [-0.2, 0) is 9.47 Å². The molecule has 2 aliphatic heterocycles. The van der Waals surface area contributed by atoms with Crippen LogP contribution in [0.25, 0.3) is 0 Å². The molecule has 0 bridgehead atoms. The second-order valence-corrected chi connectivity index (χ2v) is 4.34. The summed E-state index contributed by atoms with van der Waals surface area (Å²) in [6, 6.07) is 0.671. The van der Waals surface area contributed by atoms with Crippen LogP contribution in [-0.4, -0.2) is 50.0 Å². The Bertz CT molecular complexity index is 168. The molecular weight excluding hydrogens is 166 g/mol. The van der Waals surface area contributed by atoms with Crippen LogP contribution in [0.3, 0.4) is 0 Å². The van der Waals surface area contributed by atoms with Crippen molar-refractivity contribution in [3.63, 3.8) is 0 Å². The summed E-state index contributed by atoms with van der Waals surface area (Å²) in [6.45, 7) is 9.36. The average molecular weight is 185 g/mol. The highest BCUT2D eigenvalue weighted by atomic mass is 16.5. The van der Waals surface area contributed by atoms with E-state index in [1.54, 1.807) is 0 Å². The van der Waals surface area contributed by atoms with Crippen LogP contribution < -0.4 is 0 Å². The van der Waals surface area contributed by atoms with Crippen molar-refractivity contribution in [1.29, 1.82) is 0 Å². The highest BCUT2D eigenvalue weighted by molar-refractivity contribution is 4.83. The maximum atomic E-state index is 5.71. The molecule has 13 heavy (non-hydrogen) atoms. The van der Waals surface area contributed by atoms with Gasteiger partial charge >= 0.3 is 0 Å². The summed E-state index contributed by atoms with van der Waals surface area (Å²) in [5.41, 5.74) is 0. The molecule has 2 rings (SSSR count). The van der Waals surface area contributed by atoms with Crippen LogP contribution in [0.5, 0.6) is 0 Å². The molecule has 0 aromatic carbocycles. The Morgan fingerprint density at radius 1 is 1.31 bits per heavy atom. The first-order valence-corrected chi connectivity index (χ1v) is 5.21. The largest absolute Gasteiger partial charge is 0.378 e. The van der Waals surface area contributed by atoms with Crippen molar-refractivity contribution in [3.05, 3.63) is 0 Å². The Labute approximate surface area is 80.0 Å². The molecule has 2 heterocycles. The summed E-state index contributed by atoms with van der Waals surface area (Å²) in [4.78, 5) is 2.51. The van der Waals surface area contributed by atoms with Gasteiger partial charge in [-0.1, -0.05) is 13.8 Å². The van der Waals surface area contributed by atoms with E-state index in [1.165, 1.54) is 0 Å². The fourth-order valence-electron chi connectivity index (χ4n) is 1.87. The van der Waals surface area contributed by atoms with Gasteiger partial charge in [0.15, 0.2) is 0 Å². The molecule has 2 aliphatic rings. The molecule has 0 N–H and O–H groups in total. The molecule has 0 aliphatic carbocycles. The molecule has 0 radical (unpaired) electrons. The predicted octanol–water partition coefficient (Wildman–Crippen LogP) is 0.742. The van der Waals surface area contributed by atoms with E-state index >= 15 is 0 Å². The fourth-order valence-corrected chi connectivity index (χ4v) is 1.87. The number of hydrogen-bond donors (Lipinski definition) is 0. The highest BCUT2D eigenvalue weighted by Crippen LogP contribution is 2.18. The van der Waals surface area contributed by atoms with Crippen molar-refractivity contribution in [2.24, 2.45) is 5.92 Å². The number of ether oxygens (including phenoxy) is 2. The van der Waals surface area contributed by atoms with Crippen molar-refractivity contribution in [2.45, 2.75) is 26.0 Å². The molecule has 3 heteroatoms. The van der Waals surface area contributed by atoms with Gasteiger partial charge in [-0.2, -0.15) is 0 Å². The van der Waals surface area contributed by atoms with Gasteiger partial charge in [-0.05, 0) is 5.92 Å². The fraction of sp³-hybridized carbons (Fsp3) is 1.00. The molecule has 0 aromatic heterocycles. The van der Waals surface area contributed by atoms with Gasteiger partial charge in [-0.15, -0.1) is 0 Å². The van der Waals surface area contributed by atoms with Crippen LogP contribution in [0.2, 0.25) is 0 Å². The van der Waals surface area contributed by atoms with Gasteiger partial charge in [-0.25, -0.2) is 0 Å². The molecule has 0 aromatic rings. The van der Waals surface area contributed by atoms with E-state index < -0.39 is 0 Å². The summed E-state index contributed by atoms with van der Waals surface area (Å²) in [5, 5.41) is 0. The zero-order valence-electron chi connectivity index (χ0n) is 8.53. The van der Waals surface area contributed by atoms with Gasteiger partial charge in [0, 0.05) is 13.1 Å². The minimum Gasteiger partial charge on any atom is -0.378 e. The van der Waals surface area contributed by atoms with Gasteiger partial charge in [0.05, 0.1) is 32.0 Å². The third-order valence-corrected chi connectivity index (χ3v) is 3.01. The second kappa shape index (κ2) is 3.95. The lowest BCUT2D eigenvalue weighted by Gasteiger charge is -2.42. The monoisotopic (exact) mass is 185 g/mol. The van der Waals surface area contributed by atoms with E-state index in [2.05, 4.69) is 18.7 Å². The Hall–Kier alpha value is -0.120. The topological polar surface area (TPSA) is 21.7 Å². The molecule has 2 fully saturated rings. The van der Waals surface area contributed by atoms with Crippen LogP contribution >= 0.6 is 0 Å². The van der Waals surface area contributed by atoms with E-state index in [-0.39, 0.29) is 0 Å². The maximum absolute atomic E-state index is 5.71. The Morgan fingerprint density at radius 3 is 2.62 bits per heavy atom. The molecule has 0 unspecified atom stereocenters. The highest BCUT2D eigenvalue weighted by Gasteiger charge is 2.31. The first-order valence-electron chi connectivity index (χ1n) is 5.21. The van der Waals surface area contributed by atoms with Gasteiger partial charge in [0.1, 0.15) is 0 Å². The zero-order valence-corrected chi connectivity index (χ0v) is 8.53. The lowest BCUT2D eigenvalue weighted by molar-refractivity contribution is -0.122. The number of nitrogens with zero attached hydrogens (tertiary/aromatic N) is 1. The molecular formula is C10H19NO2. The molecule has 2 saturated heterocycles. The molecule has 1 atom stereocenters. The van der Waals surface area contributed by atoms with Crippen molar-refractivity contribution in [2.75, 3.05) is 32.9 Å². The quantitative estimate of drug-likeness (QED) is 0.633. The third kappa shape index (κ3) is 2.03. The normalized spacial score (nSPS) is 32.1. The van der Waals surface area contributed by atoms with Gasteiger partial charge in [0.2, 0.25) is 0 Å².